The monoisotopic (exact) mass is 239 g/mol. The maximum Gasteiger partial charge on any atom is 0.255 e. The Hall–Kier alpha value is -2.09. The molecule has 92 valence electrons. The van der Waals surface area contributed by atoms with Crippen LogP contribution in [0.1, 0.15) is 27.0 Å². The number of benzene rings is 2. The van der Waals surface area contributed by atoms with Gasteiger partial charge in [-0.2, -0.15) is 0 Å². The van der Waals surface area contributed by atoms with Gasteiger partial charge in [-0.25, -0.2) is 0 Å². The lowest BCUT2D eigenvalue weighted by Crippen LogP contribution is -2.12. The standard InChI is InChI=1S/C16H17NO/c1-11-5-4-6-15(9-11)17-16(18)14-8-7-12(2)13(3)10-14/h4-10H,1-3H3,(H,17,18). The van der Waals surface area contributed by atoms with Crippen LogP contribution in [0.25, 0.3) is 0 Å². The zero-order valence-electron chi connectivity index (χ0n) is 10.9. The van der Waals surface area contributed by atoms with E-state index in [1.165, 1.54) is 5.56 Å². The zero-order valence-corrected chi connectivity index (χ0v) is 10.9. The highest BCUT2D eigenvalue weighted by Crippen LogP contribution is 2.14. The second-order valence-corrected chi connectivity index (χ2v) is 4.62. The molecule has 2 rings (SSSR count). The van der Waals surface area contributed by atoms with Gasteiger partial charge in [-0.1, -0.05) is 18.2 Å². The molecule has 0 radical (unpaired) electrons. The molecule has 1 amide bonds. The fraction of sp³-hybridized carbons (Fsp3) is 0.188. The van der Waals surface area contributed by atoms with Crippen LogP contribution in [-0.2, 0) is 0 Å². The summed E-state index contributed by atoms with van der Waals surface area (Å²) in [5.74, 6) is -0.0660. The fourth-order valence-corrected chi connectivity index (χ4v) is 1.81. The Bertz CT molecular complexity index is 587. The lowest BCUT2D eigenvalue weighted by atomic mass is 10.1. The molecule has 0 aliphatic heterocycles. The van der Waals surface area contributed by atoms with Gasteiger partial charge in [-0.15, -0.1) is 0 Å². The normalized spacial score (nSPS) is 10.2. The number of anilines is 1. The fourth-order valence-electron chi connectivity index (χ4n) is 1.81. The highest BCUT2D eigenvalue weighted by Gasteiger charge is 2.06. The first-order chi connectivity index (χ1) is 8.56. The van der Waals surface area contributed by atoms with Crippen LogP contribution in [0.2, 0.25) is 0 Å². The van der Waals surface area contributed by atoms with E-state index in [4.69, 9.17) is 0 Å². The van der Waals surface area contributed by atoms with Crippen LogP contribution in [0.3, 0.4) is 0 Å². The SMILES string of the molecule is Cc1cccc(NC(=O)c2ccc(C)c(C)c2)c1. The van der Waals surface area contributed by atoms with Gasteiger partial charge in [0.05, 0.1) is 0 Å². The summed E-state index contributed by atoms with van der Waals surface area (Å²) in [7, 11) is 0. The molecule has 0 saturated heterocycles. The van der Waals surface area contributed by atoms with E-state index in [-0.39, 0.29) is 5.91 Å². The third-order valence-corrected chi connectivity index (χ3v) is 3.05. The van der Waals surface area contributed by atoms with E-state index >= 15 is 0 Å². The van der Waals surface area contributed by atoms with Crippen molar-refractivity contribution >= 4 is 11.6 Å². The molecule has 0 aliphatic carbocycles. The smallest absolute Gasteiger partial charge is 0.255 e. The van der Waals surface area contributed by atoms with Gasteiger partial charge in [0.2, 0.25) is 0 Å². The Morgan fingerprint density at radius 1 is 0.944 bits per heavy atom. The summed E-state index contributed by atoms with van der Waals surface area (Å²) in [6, 6.07) is 13.5. The highest BCUT2D eigenvalue weighted by atomic mass is 16.1. The van der Waals surface area contributed by atoms with Crippen molar-refractivity contribution in [2.24, 2.45) is 0 Å². The lowest BCUT2D eigenvalue weighted by molar-refractivity contribution is 0.102. The number of nitrogens with one attached hydrogen (secondary N) is 1. The number of carbonyl (C=O) groups excluding carboxylic acids is 1. The maximum atomic E-state index is 12.1. The van der Waals surface area contributed by atoms with Gasteiger partial charge >= 0.3 is 0 Å². The summed E-state index contributed by atoms with van der Waals surface area (Å²) in [6.45, 7) is 6.06. The topological polar surface area (TPSA) is 29.1 Å². The van der Waals surface area contributed by atoms with Crippen LogP contribution in [-0.4, -0.2) is 5.91 Å². The van der Waals surface area contributed by atoms with Crippen molar-refractivity contribution in [3.63, 3.8) is 0 Å². The van der Waals surface area contributed by atoms with Crippen LogP contribution in [0.5, 0.6) is 0 Å². The first-order valence-electron chi connectivity index (χ1n) is 6.01. The van der Waals surface area contributed by atoms with Crippen LogP contribution in [0.4, 0.5) is 5.69 Å². The van der Waals surface area contributed by atoms with Crippen molar-refractivity contribution in [1.29, 1.82) is 0 Å². The first kappa shape index (κ1) is 12.4. The van der Waals surface area contributed by atoms with E-state index in [0.29, 0.717) is 5.56 Å². The highest BCUT2D eigenvalue weighted by molar-refractivity contribution is 6.04. The number of aryl methyl sites for hydroxylation is 3. The average molecular weight is 239 g/mol. The van der Waals surface area contributed by atoms with E-state index in [2.05, 4.69) is 5.32 Å². The summed E-state index contributed by atoms with van der Waals surface area (Å²) in [4.78, 5) is 12.1. The number of amides is 1. The van der Waals surface area contributed by atoms with Gasteiger partial charge in [0.1, 0.15) is 0 Å². The third-order valence-electron chi connectivity index (χ3n) is 3.05. The molecule has 1 N–H and O–H groups in total. The molecular weight excluding hydrogens is 222 g/mol. The Morgan fingerprint density at radius 2 is 1.72 bits per heavy atom. The molecule has 0 heterocycles. The van der Waals surface area contributed by atoms with E-state index < -0.39 is 0 Å². The van der Waals surface area contributed by atoms with Gasteiger partial charge in [0.15, 0.2) is 0 Å². The second-order valence-electron chi connectivity index (χ2n) is 4.62. The number of hydrogen-bond donors (Lipinski definition) is 1. The van der Waals surface area contributed by atoms with Crippen LogP contribution in [0.15, 0.2) is 42.5 Å². The zero-order chi connectivity index (χ0) is 13.1. The third kappa shape index (κ3) is 2.77. The van der Waals surface area contributed by atoms with Gasteiger partial charge in [-0.05, 0) is 61.7 Å². The van der Waals surface area contributed by atoms with Crippen LogP contribution in [0, 0.1) is 20.8 Å². The van der Waals surface area contributed by atoms with Gasteiger partial charge in [0, 0.05) is 11.3 Å². The first-order valence-corrected chi connectivity index (χ1v) is 6.01. The quantitative estimate of drug-likeness (QED) is 0.847. The predicted molar refractivity (Wildman–Crippen MR) is 75.0 cm³/mol. The lowest BCUT2D eigenvalue weighted by Gasteiger charge is -2.07. The van der Waals surface area contributed by atoms with E-state index in [1.807, 2.05) is 63.2 Å². The number of carbonyl (C=O) groups is 1. The Kier molecular flexibility index (Phi) is 3.47. The molecule has 2 heteroatoms. The van der Waals surface area contributed by atoms with E-state index in [1.54, 1.807) is 0 Å². The van der Waals surface area contributed by atoms with E-state index in [0.717, 1.165) is 16.8 Å². The predicted octanol–water partition coefficient (Wildman–Crippen LogP) is 3.86. The number of hydrogen-bond acceptors (Lipinski definition) is 1. The van der Waals surface area contributed by atoms with Crippen molar-refractivity contribution in [2.45, 2.75) is 20.8 Å². The van der Waals surface area contributed by atoms with E-state index in [9.17, 15) is 4.79 Å². The molecule has 0 unspecified atom stereocenters. The second kappa shape index (κ2) is 5.05. The summed E-state index contributed by atoms with van der Waals surface area (Å²) in [6.07, 6.45) is 0. The van der Waals surface area contributed by atoms with Crippen LogP contribution >= 0.6 is 0 Å². The summed E-state index contributed by atoms with van der Waals surface area (Å²) in [5.41, 5.74) is 4.99. The molecule has 0 bridgehead atoms. The van der Waals surface area contributed by atoms with Crippen LogP contribution < -0.4 is 5.32 Å². The largest absolute Gasteiger partial charge is 0.322 e. The molecular formula is C16H17NO. The Labute approximate surface area is 108 Å². The van der Waals surface area contributed by atoms with Crippen molar-refractivity contribution in [3.05, 3.63) is 64.7 Å². The number of rotatable bonds is 2. The minimum atomic E-state index is -0.0660. The Balaban J connectivity index is 2.19. The Morgan fingerprint density at radius 3 is 2.39 bits per heavy atom. The molecule has 2 aromatic carbocycles. The van der Waals surface area contributed by atoms with Crippen molar-refractivity contribution in [2.75, 3.05) is 5.32 Å². The molecule has 0 spiro atoms. The average Bonchev–Trinajstić information content (AvgIpc) is 2.32. The van der Waals surface area contributed by atoms with Gasteiger partial charge in [-0.3, -0.25) is 4.79 Å². The molecule has 0 aromatic heterocycles. The summed E-state index contributed by atoms with van der Waals surface area (Å²) < 4.78 is 0. The molecule has 0 fully saturated rings. The molecule has 2 aromatic rings. The van der Waals surface area contributed by atoms with Gasteiger partial charge < -0.3 is 5.32 Å². The summed E-state index contributed by atoms with van der Waals surface area (Å²) >= 11 is 0. The minimum absolute atomic E-state index is 0.0660. The van der Waals surface area contributed by atoms with Gasteiger partial charge in [0.25, 0.3) is 5.91 Å². The maximum absolute atomic E-state index is 12.1. The van der Waals surface area contributed by atoms with Crippen molar-refractivity contribution in [3.8, 4) is 0 Å². The molecule has 0 atom stereocenters. The van der Waals surface area contributed by atoms with Crippen molar-refractivity contribution < 1.29 is 4.79 Å². The molecule has 0 saturated carbocycles. The minimum Gasteiger partial charge on any atom is -0.322 e. The molecule has 18 heavy (non-hydrogen) atoms. The summed E-state index contributed by atoms with van der Waals surface area (Å²) in [5, 5.41) is 2.91. The molecule has 2 nitrogen and oxygen atoms in total. The molecule has 0 aliphatic rings. The van der Waals surface area contributed by atoms with Crippen molar-refractivity contribution in [1.82, 2.24) is 0 Å².